The fourth-order valence-corrected chi connectivity index (χ4v) is 0.455. The Morgan fingerprint density at radius 1 is 1.60 bits per heavy atom. The highest BCUT2D eigenvalue weighted by molar-refractivity contribution is 5.70. The summed E-state index contributed by atoms with van der Waals surface area (Å²) in [4.78, 5) is 10.4. The van der Waals surface area contributed by atoms with Crippen molar-refractivity contribution in [2.75, 3.05) is 13.7 Å². The van der Waals surface area contributed by atoms with Crippen LogP contribution in [0.5, 0.6) is 0 Å². The molecule has 0 saturated carbocycles. The number of ether oxygens (including phenoxy) is 1. The lowest BCUT2D eigenvalue weighted by molar-refractivity contribution is -0.139. The first-order valence-corrected chi connectivity index (χ1v) is 3.14. The van der Waals surface area contributed by atoms with E-state index in [1.54, 1.807) is 12.2 Å². The van der Waals surface area contributed by atoms with Crippen molar-refractivity contribution >= 4 is 5.97 Å². The van der Waals surface area contributed by atoms with Gasteiger partial charge in [0.15, 0.2) is 0 Å². The number of hydrogen-bond acceptors (Lipinski definition) is 3. The van der Waals surface area contributed by atoms with Gasteiger partial charge in [-0.3, -0.25) is 4.79 Å². The van der Waals surface area contributed by atoms with Gasteiger partial charge in [-0.15, -0.1) is 0 Å². The van der Waals surface area contributed by atoms with Crippen molar-refractivity contribution < 1.29 is 14.6 Å². The lowest BCUT2D eigenvalue weighted by Crippen LogP contribution is -1.96. The van der Waals surface area contributed by atoms with Gasteiger partial charge in [-0.05, 0) is 6.42 Å². The molecule has 0 aromatic carbocycles. The summed E-state index contributed by atoms with van der Waals surface area (Å²) in [5.74, 6) is -0.255. The number of methoxy groups -OCH3 is 1. The topological polar surface area (TPSA) is 46.5 Å². The molecule has 58 valence electrons. The normalized spacial score (nSPS) is 10.2. The van der Waals surface area contributed by atoms with Crippen LogP contribution in [0.25, 0.3) is 0 Å². The Kier molecular flexibility index (Phi) is 5.77. The molecule has 0 aromatic heterocycles. The van der Waals surface area contributed by atoms with E-state index >= 15 is 0 Å². The first kappa shape index (κ1) is 9.17. The van der Waals surface area contributed by atoms with E-state index in [-0.39, 0.29) is 19.0 Å². The summed E-state index contributed by atoms with van der Waals surface area (Å²) < 4.78 is 4.38. The average molecular weight is 144 g/mol. The van der Waals surface area contributed by atoms with Gasteiger partial charge in [0.25, 0.3) is 0 Å². The van der Waals surface area contributed by atoms with Crippen LogP contribution in [0.3, 0.4) is 0 Å². The van der Waals surface area contributed by atoms with E-state index in [0.29, 0.717) is 6.42 Å². The Balaban J connectivity index is 3.25. The molecule has 0 amide bonds. The van der Waals surface area contributed by atoms with Gasteiger partial charge in [-0.2, -0.15) is 0 Å². The predicted molar refractivity (Wildman–Crippen MR) is 37.5 cm³/mol. The van der Waals surface area contributed by atoms with Crippen LogP contribution in [0.2, 0.25) is 0 Å². The third kappa shape index (κ3) is 5.31. The highest BCUT2D eigenvalue weighted by Gasteiger charge is 1.92. The number of rotatable bonds is 4. The highest BCUT2D eigenvalue weighted by Crippen LogP contribution is 1.88. The molecule has 0 rings (SSSR count). The van der Waals surface area contributed by atoms with Crippen LogP contribution in [0.15, 0.2) is 12.2 Å². The first-order chi connectivity index (χ1) is 4.81. The molecule has 10 heavy (non-hydrogen) atoms. The van der Waals surface area contributed by atoms with Gasteiger partial charge in [0.2, 0.25) is 0 Å². The second kappa shape index (κ2) is 6.29. The lowest BCUT2D eigenvalue weighted by Gasteiger charge is -1.90. The van der Waals surface area contributed by atoms with Crippen LogP contribution in [0.4, 0.5) is 0 Å². The Bertz CT molecular complexity index is 118. The number of carbonyl (C=O) groups excluding carboxylic acids is 1. The summed E-state index contributed by atoms with van der Waals surface area (Å²) in [6.07, 6.45) is 4.31. The van der Waals surface area contributed by atoms with E-state index in [1.165, 1.54) is 7.11 Å². The standard InChI is InChI=1S/C7H12O3/c1-10-7(9)5-3-2-4-6-8/h2-3,8H,4-6H2,1H3/b3-2+. The second-order valence-electron chi connectivity index (χ2n) is 1.76. The van der Waals surface area contributed by atoms with Gasteiger partial charge < -0.3 is 9.84 Å². The number of carbonyl (C=O) groups is 1. The molecular formula is C7H12O3. The average Bonchev–Trinajstić information content (AvgIpc) is 1.98. The summed E-state index contributed by atoms with van der Waals surface area (Å²) in [6, 6.07) is 0. The van der Waals surface area contributed by atoms with Crippen molar-refractivity contribution in [3.63, 3.8) is 0 Å². The highest BCUT2D eigenvalue weighted by atomic mass is 16.5. The fourth-order valence-electron chi connectivity index (χ4n) is 0.455. The monoisotopic (exact) mass is 144 g/mol. The van der Waals surface area contributed by atoms with Crippen molar-refractivity contribution in [1.82, 2.24) is 0 Å². The quantitative estimate of drug-likeness (QED) is 0.461. The predicted octanol–water partition coefficient (Wildman–Crippen LogP) is 0.488. The molecule has 0 spiro atoms. The minimum atomic E-state index is -0.255. The number of aliphatic hydroxyl groups is 1. The lowest BCUT2D eigenvalue weighted by atomic mass is 10.3. The minimum absolute atomic E-state index is 0.123. The molecule has 0 heterocycles. The van der Waals surface area contributed by atoms with E-state index in [9.17, 15) is 4.79 Å². The molecule has 0 aliphatic carbocycles. The molecule has 0 aliphatic heterocycles. The van der Waals surface area contributed by atoms with Crippen LogP contribution >= 0.6 is 0 Å². The summed E-state index contributed by atoms with van der Waals surface area (Å²) in [6.45, 7) is 0.123. The van der Waals surface area contributed by atoms with Gasteiger partial charge in [0.05, 0.1) is 13.5 Å². The number of aliphatic hydroxyl groups excluding tert-OH is 1. The van der Waals surface area contributed by atoms with E-state index in [1.807, 2.05) is 0 Å². The Hall–Kier alpha value is -0.830. The van der Waals surface area contributed by atoms with E-state index in [4.69, 9.17) is 5.11 Å². The van der Waals surface area contributed by atoms with E-state index in [0.717, 1.165) is 0 Å². The van der Waals surface area contributed by atoms with Crippen LogP contribution in [0.1, 0.15) is 12.8 Å². The van der Waals surface area contributed by atoms with Crippen molar-refractivity contribution in [2.45, 2.75) is 12.8 Å². The molecular weight excluding hydrogens is 132 g/mol. The molecule has 0 aliphatic rings. The van der Waals surface area contributed by atoms with Crippen molar-refractivity contribution in [3.8, 4) is 0 Å². The maximum atomic E-state index is 10.4. The molecule has 0 aromatic rings. The summed E-state index contributed by atoms with van der Waals surface area (Å²) in [5, 5.41) is 8.32. The van der Waals surface area contributed by atoms with Crippen molar-refractivity contribution in [2.24, 2.45) is 0 Å². The largest absolute Gasteiger partial charge is 0.469 e. The van der Waals surface area contributed by atoms with Crippen LogP contribution in [-0.2, 0) is 9.53 Å². The summed E-state index contributed by atoms with van der Waals surface area (Å²) in [7, 11) is 1.35. The summed E-state index contributed by atoms with van der Waals surface area (Å²) >= 11 is 0. The number of esters is 1. The third-order valence-electron chi connectivity index (χ3n) is 0.975. The van der Waals surface area contributed by atoms with Crippen LogP contribution in [-0.4, -0.2) is 24.8 Å². The first-order valence-electron chi connectivity index (χ1n) is 3.14. The van der Waals surface area contributed by atoms with Gasteiger partial charge >= 0.3 is 5.97 Å². The zero-order valence-corrected chi connectivity index (χ0v) is 6.04. The molecule has 3 nitrogen and oxygen atoms in total. The maximum absolute atomic E-state index is 10.4. The van der Waals surface area contributed by atoms with E-state index < -0.39 is 0 Å². The fraction of sp³-hybridized carbons (Fsp3) is 0.571. The third-order valence-corrected chi connectivity index (χ3v) is 0.975. The molecule has 0 saturated heterocycles. The molecule has 3 heteroatoms. The second-order valence-corrected chi connectivity index (χ2v) is 1.76. The molecule has 0 radical (unpaired) electrons. The van der Waals surface area contributed by atoms with Gasteiger partial charge in [-0.1, -0.05) is 12.2 Å². The molecule has 0 fully saturated rings. The number of hydrogen-bond donors (Lipinski definition) is 1. The molecule has 0 bridgehead atoms. The Morgan fingerprint density at radius 2 is 2.30 bits per heavy atom. The van der Waals surface area contributed by atoms with Gasteiger partial charge in [0, 0.05) is 6.61 Å². The SMILES string of the molecule is COC(=O)C/C=C/CCO. The maximum Gasteiger partial charge on any atom is 0.309 e. The minimum Gasteiger partial charge on any atom is -0.469 e. The van der Waals surface area contributed by atoms with Crippen LogP contribution < -0.4 is 0 Å². The Morgan fingerprint density at radius 3 is 2.80 bits per heavy atom. The smallest absolute Gasteiger partial charge is 0.309 e. The zero-order valence-electron chi connectivity index (χ0n) is 6.04. The molecule has 0 atom stereocenters. The van der Waals surface area contributed by atoms with Crippen molar-refractivity contribution in [3.05, 3.63) is 12.2 Å². The van der Waals surface area contributed by atoms with Gasteiger partial charge in [0.1, 0.15) is 0 Å². The van der Waals surface area contributed by atoms with Gasteiger partial charge in [-0.25, -0.2) is 0 Å². The Labute approximate surface area is 60.3 Å². The zero-order chi connectivity index (χ0) is 7.82. The molecule has 1 N–H and O–H groups in total. The van der Waals surface area contributed by atoms with Crippen molar-refractivity contribution in [1.29, 1.82) is 0 Å². The molecule has 0 unspecified atom stereocenters. The van der Waals surface area contributed by atoms with E-state index in [2.05, 4.69) is 4.74 Å². The summed E-state index contributed by atoms with van der Waals surface area (Å²) in [5.41, 5.74) is 0. The van der Waals surface area contributed by atoms with Crippen LogP contribution in [0, 0.1) is 0 Å².